The Bertz CT molecular complexity index is 400. The van der Waals surface area contributed by atoms with Crippen LogP contribution in [0.2, 0.25) is 0 Å². The van der Waals surface area contributed by atoms with Crippen LogP contribution in [-0.4, -0.2) is 57.0 Å². The summed E-state index contributed by atoms with van der Waals surface area (Å²) in [6, 6.07) is 0.127. The Kier molecular flexibility index (Phi) is 6.16. The van der Waals surface area contributed by atoms with Gasteiger partial charge in [0.1, 0.15) is 0 Å². The van der Waals surface area contributed by atoms with E-state index in [9.17, 15) is 8.42 Å². The van der Waals surface area contributed by atoms with Crippen LogP contribution in [-0.2, 0) is 10.2 Å². The summed E-state index contributed by atoms with van der Waals surface area (Å²) in [5.41, 5.74) is 0. The lowest BCUT2D eigenvalue weighted by Gasteiger charge is -2.32. The van der Waals surface area contributed by atoms with Crippen molar-refractivity contribution in [3.8, 4) is 0 Å². The highest BCUT2D eigenvalue weighted by Crippen LogP contribution is 2.29. The normalized spacial score (nSPS) is 32.6. The van der Waals surface area contributed by atoms with Gasteiger partial charge in [0.2, 0.25) is 0 Å². The highest BCUT2D eigenvalue weighted by Gasteiger charge is 2.33. The molecule has 1 saturated carbocycles. The first-order valence-electron chi connectivity index (χ1n) is 7.50. The van der Waals surface area contributed by atoms with Crippen LogP contribution in [0.25, 0.3) is 0 Å². The fourth-order valence-electron chi connectivity index (χ4n) is 3.25. The fourth-order valence-corrected chi connectivity index (χ4v) is 5.60. The predicted molar refractivity (Wildman–Crippen MR) is 85.2 cm³/mol. The van der Waals surface area contributed by atoms with Gasteiger partial charge in [-0.2, -0.15) is 29.2 Å². The molecule has 1 aliphatic carbocycles. The Morgan fingerprint density at radius 2 is 2.10 bits per heavy atom. The molecule has 0 spiro atoms. The van der Waals surface area contributed by atoms with Gasteiger partial charge in [-0.3, -0.25) is 0 Å². The van der Waals surface area contributed by atoms with Crippen LogP contribution >= 0.6 is 11.8 Å². The van der Waals surface area contributed by atoms with Gasteiger partial charge in [0.05, 0.1) is 0 Å². The summed E-state index contributed by atoms with van der Waals surface area (Å²) in [4.78, 5) is 0. The summed E-state index contributed by atoms with van der Waals surface area (Å²) in [6.07, 6.45) is 7.24. The van der Waals surface area contributed by atoms with Crippen molar-refractivity contribution in [2.75, 3.05) is 32.9 Å². The molecule has 2 rings (SSSR count). The molecule has 3 unspecified atom stereocenters. The molecule has 1 aliphatic heterocycles. The molecule has 3 atom stereocenters. The third-order valence-corrected chi connectivity index (χ3v) is 7.09. The molecule has 0 radical (unpaired) electrons. The number of nitrogens with one attached hydrogen (secondary N) is 2. The largest absolute Gasteiger partial charge is 0.319 e. The topological polar surface area (TPSA) is 61.4 Å². The molecular formula is C13H27N3O2S2. The standard InChI is InChI=1S/C13H27N3O2S2/c1-14-9-11-4-3-7-16(10-11)20(17,18)15-12-5-6-13(8-12)19-2/h11-15H,3-10H2,1-2H3. The van der Waals surface area contributed by atoms with Gasteiger partial charge in [-0.1, -0.05) is 0 Å². The lowest BCUT2D eigenvalue weighted by atomic mass is 10.00. The number of nitrogens with zero attached hydrogens (tertiary/aromatic N) is 1. The van der Waals surface area contributed by atoms with Crippen LogP contribution < -0.4 is 10.0 Å². The van der Waals surface area contributed by atoms with Crippen LogP contribution in [0.15, 0.2) is 0 Å². The molecule has 0 amide bonds. The maximum Gasteiger partial charge on any atom is 0.279 e. The van der Waals surface area contributed by atoms with Crippen molar-refractivity contribution in [3.63, 3.8) is 0 Å². The lowest BCUT2D eigenvalue weighted by molar-refractivity contribution is 0.259. The molecule has 118 valence electrons. The summed E-state index contributed by atoms with van der Waals surface area (Å²) >= 11 is 1.85. The molecule has 1 heterocycles. The number of hydrogen-bond acceptors (Lipinski definition) is 4. The number of rotatable bonds is 6. The average Bonchev–Trinajstić information content (AvgIpc) is 2.86. The predicted octanol–water partition coefficient (Wildman–Crippen LogP) is 1.04. The fraction of sp³-hybridized carbons (Fsp3) is 1.00. The van der Waals surface area contributed by atoms with Gasteiger partial charge < -0.3 is 5.32 Å². The molecular weight excluding hydrogens is 294 g/mol. The summed E-state index contributed by atoms with van der Waals surface area (Å²) < 4.78 is 29.5. The van der Waals surface area contributed by atoms with E-state index in [1.165, 1.54) is 0 Å². The summed E-state index contributed by atoms with van der Waals surface area (Å²) in [6.45, 7) is 2.20. The minimum atomic E-state index is -3.30. The quantitative estimate of drug-likeness (QED) is 0.767. The summed E-state index contributed by atoms with van der Waals surface area (Å²) in [5, 5.41) is 3.76. The first-order valence-corrected chi connectivity index (χ1v) is 10.2. The van der Waals surface area contributed by atoms with Crippen LogP contribution in [0.5, 0.6) is 0 Å². The second-order valence-corrected chi connectivity index (χ2v) is 8.75. The second kappa shape index (κ2) is 7.45. The monoisotopic (exact) mass is 321 g/mol. The first-order chi connectivity index (χ1) is 9.55. The zero-order valence-corrected chi connectivity index (χ0v) is 14.1. The average molecular weight is 322 g/mol. The summed E-state index contributed by atoms with van der Waals surface area (Å²) in [5.74, 6) is 0.438. The maximum absolute atomic E-state index is 12.5. The Morgan fingerprint density at radius 1 is 1.30 bits per heavy atom. The molecule has 2 N–H and O–H groups in total. The van der Waals surface area contributed by atoms with Crippen molar-refractivity contribution in [2.45, 2.75) is 43.4 Å². The van der Waals surface area contributed by atoms with Crippen LogP contribution in [0.4, 0.5) is 0 Å². The highest BCUT2D eigenvalue weighted by molar-refractivity contribution is 7.99. The van der Waals surface area contributed by atoms with Gasteiger partial charge in [-0.05, 0) is 57.9 Å². The van der Waals surface area contributed by atoms with Crippen molar-refractivity contribution in [3.05, 3.63) is 0 Å². The zero-order valence-electron chi connectivity index (χ0n) is 12.5. The van der Waals surface area contributed by atoms with E-state index in [0.29, 0.717) is 24.3 Å². The maximum atomic E-state index is 12.5. The van der Waals surface area contributed by atoms with Gasteiger partial charge in [0.25, 0.3) is 10.2 Å². The van der Waals surface area contributed by atoms with E-state index >= 15 is 0 Å². The van der Waals surface area contributed by atoms with E-state index in [4.69, 9.17) is 0 Å². The van der Waals surface area contributed by atoms with Crippen molar-refractivity contribution in [1.29, 1.82) is 0 Å². The van der Waals surface area contributed by atoms with E-state index in [1.807, 2.05) is 18.8 Å². The summed E-state index contributed by atoms with van der Waals surface area (Å²) in [7, 11) is -1.38. The highest BCUT2D eigenvalue weighted by atomic mass is 32.2. The molecule has 2 aliphatic rings. The molecule has 20 heavy (non-hydrogen) atoms. The Labute approximate surface area is 127 Å². The van der Waals surface area contributed by atoms with Gasteiger partial charge >= 0.3 is 0 Å². The van der Waals surface area contributed by atoms with E-state index in [1.54, 1.807) is 4.31 Å². The van der Waals surface area contributed by atoms with Gasteiger partial charge in [-0.15, -0.1) is 0 Å². The van der Waals surface area contributed by atoms with Gasteiger partial charge in [0, 0.05) is 24.4 Å². The Morgan fingerprint density at radius 3 is 2.75 bits per heavy atom. The van der Waals surface area contributed by atoms with Gasteiger partial charge in [-0.25, -0.2) is 0 Å². The molecule has 0 aromatic heterocycles. The number of thioether (sulfide) groups is 1. The molecule has 0 aromatic carbocycles. The Hall–Kier alpha value is 0.180. The molecule has 0 bridgehead atoms. The van der Waals surface area contributed by atoms with E-state index < -0.39 is 10.2 Å². The van der Waals surface area contributed by atoms with E-state index in [-0.39, 0.29) is 6.04 Å². The minimum Gasteiger partial charge on any atom is -0.319 e. The first kappa shape index (κ1) is 16.5. The van der Waals surface area contributed by atoms with Crippen molar-refractivity contribution in [2.24, 2.45) is 5.92 Å². The molecule has 1 saturated heterocycles. The number of piperidine rings is 1. The molecule has 2 fully saturated rings. The minimum absolute atomic E-state index is 0.127. The van der Waals surface area contributed by atoms with Gasteiger partial charge in [0.15, 0.2) is 0 Å². The molecule has 7 heteroatoms. The van der Waals surface area contributed by atoms with E-state index in [2.05, 4.69) is 16.3 Å². The SMILES string of the molecule is CNCC1CCCN(S(=O)(=O)NC2CCC(SC)C2)C1. The Balaban J connectivity index is 1.89. The molecule has 0 aromatic rings. The lowest BCUT2D eigenvalue weighted by Crippen LogP contribution is -2.49. The van der Waals surface area contributed by atoms with E-state index in [0.717, 1.165) is 38.6 Å². The van der Waals surface area contributed by atoms with Crippen molar-refractivity contribution >= 4 is 22.0 Å². The number of hydrogen-bond donors (Lipinski definition) is 2. The molecule has 5 nitrogen and oxygen atoms in total. The van der Waals surface area contributed by atoms with Crippen molar-refractivity contribution < 1.29 is 8.42 Å². The van der Waals surface area contributed by atoms with Crippen LogP contribution in [0.3, 0.4) is 0 Å². The smallest absolute Gasteiger partial charge is 0.279 e. The third kappa shape index (κ3) is 4.34. The van der Waals surface area contributed by atoms with Crippen LogP contribution in [0.1, 0.15) is 32.1 Å². The van der Waals surface area contributed by atoms with Crippen molar-refractivity contribution in [1.82, 2.24) is 14.3 Å². The zero-order chi connectivity index (χ0) is 14.6. The van der Waals surface area contributed by atoms with Crippen LogP contribution in [0, 0.1) is 5.92 Å². The second-order valence-electron chi connectivity index (χ2n) is 5.91. The third-order valence-electron chi connectivity index (χ3n) is 4.35.